The Balaban J connectivity index is 2.32. The lowest BCUT2D eigenvalue weighted by Crippen LogP contribution is -2.42. The molecule has 0 bridgehead atoms. The molecule has 2 rings (SSSR count). The predicted octanol–water partition coefficient (Wildman–Crippen LogP) is 2.42. The smallest absolute Gasteiger partial charge is 0.292 e. The minimum atomic E-state index is -0.513. The fraction of sp³-hybridized carbons (Fsp3) is 0.500. The molecule has 1 fully saturated rings. The van der Waals surface area contributed by atoms with Crippen LogP contribution in [0.25, 0.3) is 0 Å². The number of hydrogen-bond acceptors (Lipinski definition) is 4. The molecule has 5 nitrogen and oxygen atoms in total. The number of nitrogens with one attached hydrogen (secondary N) is 1. The topological polar surface area (TPSA) is 81.2 Å². The molecule has 0 radical (unpaired) electrons. The van der Waals surface area contributed by atoms with Crippen LogP contribution >= 0.6 is 0 Å². The van der Waals surface area contributed by atoms with Crippen LogP contribution in [0.1, 0.15) is 25.7 Å². The quantitative estimate of drug-likeness (QED) is 0.637. The molecule has 1 aromatic rings. The number of rotatable bonds is 4. The SMILES string of the molecule is NCC1(Nc2cc(F)ccc2[N+](=O)[O-])CCCC1. The molecule has 0 spiro atoms. The average molecular weight is 253 g/mol. The van der Waals surface area contributed by atoms with E-state index in [0.717, 1.165) is 37.8 Å². The standard InChI is InChI=1S/C12H16FN3O2/c13-9-3-4-11(16(17)18)10(7-9)15-12(8-14)5-1-2-6-12/h3-4,7,15H,1-2,5-6,8,14H2. The fourth-order valence-corrected chi connectivity index (χ4v) is 2.49. The lowest BCUT2D eigenvalue weighted by Gasteiger charge is -2.29. The lowest BCUT2D eigenvalue weighted by molar-refractivity contribution is -0.384. The molecule has 1 aliphatic carbocycles. The Hall–Kier alpha value is -1.69. The summed E-state index contributed by atoms with van der Waals surface area (Å²) in [6, 6.07) is 3.43. The Labute approximate surface area is 104 Å². The van der Waals surface area contributed by atoms with Crippen LogP contribution < -0.4 is 11.1 Å². The van der Waals surface area contributed by atoms with Crippen LogP contribution in [0.15, 0.2) is 18.2 Å². The first kappa shape index (κ1) is 12.8. The second kappa shape index (κ2) is 4.89. The first-order valence-corrected chi connectivity index (χ1v) is 5.98. The first-order chi connectivity index (χ1) is 8.56. The number of nitrogens with two attached hydrogens (primary N) is 1. The summed E-state index contributed by atoms with van der Waals surface area (Å²) in [5.41, 5.74) is 5.52. The summed E-state index contributed by atoms with van der Waals surface area (Å²) in [6.07, 6.45) is 3.79. The number of hydrogen-bond donors (Lipinski definition) is 2. The van der Waals surface area contributed by atoms with Crippen LogP contribution in [0.2, 0.25) is 0 Å². The maximum atomic E-state index is 13.2. The molecular weight excluding hydrogens is 237 g/mol. The van der Waals surface area contributed by atoms with E-state index >= 15 is 0 Å². The van der Waals surface area contributed by atoms with Gasteiger partial charge in [0.1, 0.15) is 11.5 Å². The molecule has 1 aromatic carbocycles. The summed E-state index contributed by atoms with van der Waals surface area (Å²) in [7, 11) is 0. The van der Waals surface area contributed by atoms with E-state index in [1.807, 2.05) is 0 Å². The van der Waals surface area contributed by atoms with Crippen LogP contribution in [0.5, 0.6) is 0 Å². The maximum absolute atomic E-state index is 13.2. The molecule has 0 atom stereocenters. The van der Waals surface area contributed by atoms with Crippen molar-refractivity contribution in [3.63, 3.8) is 0 Å². The van der Waals surface area contributed by atoms with Crippen molar-refractivity contribution in [2.75, 3.05) is 11.9 Å². The van der Waals surface area contributed by atoms with Gasteiger partial charge in [0, 0.05) is 24.2 Å². The van der Waals surface area contributed by atoms with E-state index in [0.29, 0.717) is 6.54 Å². The number of anilines is 1. The van der Waals surface area contributed by atoms with Gasteiger partial charge < -0.3 is 11.1 Å². The Morgan fingerprint density at radius 3 is 2.67 bits per heavy atom. The molecule has 0 saturated heterocycles. The maximum Gasteiger partial charge on any atom is 0.292 e. The Bertz CT molecular complexity index is 459. The van der Waals surface area contributed by atoms with Crippen LogP contribution in [0.4, 0.5) is 15.8 Å². The van der Waals surface area contributed by atoms with Gasteiger partial charge in [-0.25, -0.2) is 4.39 Å². The highest BCUT2D eigenvalue weighted by molar-refractivity contribution is 5.62. The Kier molecular flexibility index (Phi) is 3.47. The minimum Gasteiger partial charge on any atom is -0.373 e. The molecule has 18 heavy (non-hydrogen) atoms. The Morgan fingerprint density at radius 1 is 1.44 bits per heavy atom. The largest absolute Gasteiger partial charge is 0.373 e. The number of nitrogens with zero attached hydrogens (tertiary/aromatic N) is 1. The molecule has 0 unspecified atom stereocenters. The lowest BCUT2D eigenvalue weighted by atomic mass is 9.97. The van der Waals surface area contributed by atoms with E-state index in [-0.39, 0.29) is 16.9 Å². The number of halogens is 1. The highest BCUT2D eigenvalue weighted by Gasteiger charge is 2.34. The fourth-order valence-electron chi connectivity index (χ4n) is 2.49. The second-order valence-corrected chi connectivity index (χ2v) is 4.74. The Morgan fingerprint density at radius 2 is 2.11 bits per heavy atom. The monoisotopic (exact) mass is 253 g/mol. The van der Waals surface area contributed by atoms with Crippen molar-refractivity contribution in [2.24, 2.45) is 5.73 Å². The van der Waals surface area contributed by atoms with Gasteiger partial charge >= 0.3 is 0 Å². The second-order valence-electron chi connectivity index (χ2n) is 4.74. The van der Waals surface area contributed by atoms with E-state index in [4.69, 9.17) is 5.73 Å². The third kappa shape index (κ3) is 2.43. The van der Waals surface area contributed by atoms with Gasteiger partial charge in [0.05, 0.1) is 4.92 Å². The molecule has 1 saturated carbocycles. The van der Waals surface area contributed by atoms with Crippen molar-refractivity contribution in [2.45, 2.75) is 31.2 Å². The summed E-state index contributed by atoms with van der Waals surface area (Å²) >= 11 is 0. The summed E-state index contributed by atoms with van der Waals surface area (Å²) in [5.74, 6) is -0.492. The van der Waals surface area contributed by atoms with E-state index in [9.17, 15) is 14.5 Å². The molecule has 0 amide bonds. The van der Waals surface area contributed by atoms with Crippen molar-refractivity contribution in [1.82, 2.24) is 0 Å². The van der Waals surface area contributed by atoms with Crippen molar-refractivity contribution >= 4 is 11.4 Å². The van der Waals surface area contributed by atoms with E-state index in [1.54, 1.807) is 0 Å². The molecule has 3 N–H and O–H groups in total. The molecule has 0 heterocycles. The van der Waals surface area contributed by atoms with Crippen LogP contribution in [0, 0.1) is 15.9 Å². The van der Waals surface area contributed by atoms with Crippen molar-refractivity contribution in [1.29, 1.82) is 0 Å². The van der Waals surface area contributed by atoms with E-state index in [1.165, 1.54) is 6.07 Å². The summed E-state index contributed by atoms with van der Waals surface area (Å²) < 4.78 is 13.2. The molecular formula is C12H16FN3O2. The zero-order valence-electron chi connectivity index (χ0n) is 9.99. The van der Waals surface area contributed by atoms with Gasteiger partial charge in [0.15, 0.2) is 0 Å². The summed E-state index contributed by atoms with van der Waals surface area (Å²) in [4.78, 5) is 10.4. The number of nitro groups is 1. The van der Waals surface area contributed by atoms with Crippen LogP contribution in [0.3, 0.4) is 0 Å². The first-order valence-electron chi connectivity index (χ1n) is 5.98. The number of nitro benzene ring substituents is 1. The van der Waals surface area contributed by atoms with Gasteiger partial charge in [-0.15, -0.1) is 0 Å². The van der Waals surface area contributed by atoms with E-state index < -0.39 is 10.7 Å². The molecule has 98 valence electrons. The van der Waals surface area contributed by atoms with Gasteiger partial charge in [-0.1, -0.05) is 12.8 Å². The third-order valence-corrected chi connectivity index (χ3v) is 3.51. The third-order valence-electron chi connectivity index (χ3n) is 3.51. The van der Waals surface area contributed by atoms with Gasteiger partial charge in [0.2, 0.25) is 0 Å². The highest BCUT2D eigenvalue weighted by Crippen LogP contribution is 2.35. The molecule has 0 aromatic heterocycles. The van der Waals surface area contributed by atoms with Gasteiger partial charge in [-0.2, -0.15) is 0 Å². The number of benzene rings is 1. The molecule has 0 aliphatic heterocycles. The zero-order chi connectivity index (χ0) is 13.2. The molecule has 6 heteroatoms. The predicted molar refractivity (Wildman–Crippen MR) is 66.9 cm³/mol. The van der Waals surface area contributed by atoms with E-state index in [2.05, 4.69) is 5.32 Å². The van der Waals surface area contributed by atoms with Crippen molar-refractivity contribution < 1.29 is 9.31 Å². The minimum absolute atomic E-state index is 0.115. The zero-order valence-corrected chi connectivity index (χ0v) is 9.99. The summed E-state index contributed by atoms with van der Waals surface area (Å²) in [5, 5.41) is 14.0. The van der Waals surface area contributed by atoms with Crippen molar-refractivity contribution in [3.8, 4) is 0 Å². The van der Waals surface area contributed by atoms with Crippen LogP contribution in [-0.4, -0.2) is 17.0 Å². The van der Waals surface area contributed by atoms with Crippen LogP contribution in [-0.2, 0) is 0 Å². The van der Waals surface area contributed by atoms with Gasteiger partial charge in [-0.3, -0.25) is 10.1 Å². The normalized spacial score (nSPS) is 17.7. The highest BCUT2D eigenvalue weighted by atomic mass is 19.1. The average Bonchev–Trinajstić information content (AvgIpc) is 2.78. The summed E-state index contributed by atoms with van der Waals surface area (Å²) in [6.45, 7) is 0.390. The van der Waals surface area contributed by atoms with Gasteiger partial charge in [0.25, 0.3) is 5.69 Å². The molecule has 1 aliphatic rings. The van der Waals surface area contributed by atoms with Gasteiger partial charge in [-0.05, 0) is 18.9 Å². The van der Waals surface area contributed by atoms with Crippen molar-refractivity contribution in [3.05, 3.63) is 34.1 Å².